The standard InChI is InChI=1S/C14H24N2O/c1-3-6-11-9-12(11)16-10(2)15-14(13(16)17)7-4-5-8-14/h10-12,15H,3-9H2,1-2H3. The number of amides is 1. The van der Waals surface area contributed by atoms with E-state index < -0.39 is 0 Å². The lowest BCUT2D eigenvalue weighted by atomic mass is 9.98. The Hall–Kier alpha value is -0.570. The van der Waals surface area contributed by atoms with Gasteiger partial charge in [-0.15, -0.1) is 0 Å². The van der Waals surface area contributed by atoms with Gasteiger partial charge in [0.25, 0.3) is 0 Å². The van der Waals surface area contributed by atoms with Gasteiger partial charge in [0.2, 0.25) is 5.91 Å². The van der Waals surface area contributed by atoms with Crippen LogP contribution in [0, 0.1) is 5.92 Å². The van der Waals surface area contributed by atoms with Crippen LogP contribution in [0.3, 0.4) is 0 Å². The van der Waals surface area contributed by atoms with E-state index in [0.717, 1.165) is 18.8 Å². The van der Waals surface area contributed by atoms with Crippen molar-refractivity contribution in [3.8, 4) is 0 Å². The van der Waals surface area contributed by atoms with Gasteiger partial charge in [-0.25, -0.2) is 0 Å². The average Bonchev–Trinajstić information content (AvgIpc) is 2.79. The fourth-order valence-corrected chi connectivity index (χ4v) is 3.98. The van der Waals surface area contributed by atoms with Gasteiger partial charge in [0, 0.05) is 6.04 Å². The number of hydrogen-bond donors (Lipinski definition) is 1. The van der Waals surface area contributed by atoms with Crippen molar-refractivity contribution in [3.05, 3.63) is 0 Å². The van der Waals surface area contributed by atoms with Crippen molar-refractivity contribution in [1.29, 1.82) is 0 Å². The van der Waals surface area contributed by atoms with Gasteiger partial charge in [-0.05, 0) is 38.5 Å². The fourth-order valence-electron chi connectivity index (χ4n) is 3.98. The number of hydrogen-bond acceptors (Lipinski definition) is 2. The number of rotatable bonds is 3. The average molecular weight is 236 g/mol. The van der Waals surface area contributed by atoms with Crippen LogP contribution in [0.5, 0.6) is 0 Å². The van der Waals surface area contributed by atoms with Crippen LogP contribution in [0.1, 0.15) is 58.8 Å². The summed E-state index contributed by atoms with van der Waals surface area (Å²) >= 11 is 0. The van der Waals surface area contributed by atoms with E-state index in [1.807, 2.05) is 0 Å². The van der Waals surface area contributed by atoms with E-state index in [0.29, 0.717) is 11.9 Å². The Balaban J connectivity index is 1.72. The van der Waals surface area contributed by atoms with Gasteiger partial charge in [0.05, 0.1) is 11.7 Å². The van der Waals surface area contributed by atoms with Gasteiger partial charge < -0.3 is 4.90 Å². The van der Waals surface area contributed by atoms with E-state index in [9.17, 15) is 4.79 Å². The summed E-state index contributed by atoms with van der Waals surface area (Å²) in [6, 6.07) is 0.546. The van der Waals surface area contributed by atoms with Crippen molar-refractivity contribution in [2.75, 3.05) is 0 Å². The van der Waals surface area contributed by atoms with Gasteiger partial charge in [-0.2, -0.15) is 0 Å². The van der Waals surface area contributed by atoms with E-state index >= 15 is 0 Å². The molecule has 3 atom stereocenters. The Kier molecular flexibility index (Phi) is 2.69. The maximum atomic E-state index is 12.6. The van der Waals surface area contributed by atoms with E-state index in [1.165, 1.54) is 32.1 Å². The summed E-state index contributed by atoms with van der Waals surface area (Å²) in [5.74, 6) is 1.19. The van der Waals surface area contributed by atoms with Crippen molar-refractivity contribution in [3.63, 3.8) is 0 Å². The maximum Gasteiger partial charge on any atom is 0.244 e. The lowest BCUT2D eigenvalue weighted by molar-refractivity contribution is -0.133. The number of carbonyl (C=O) groups is 1. The third kappa shape index (κ3) is 1.70. The molecule has 1 aliphatic heterocycles. The first-order chi connectivity index (χ1) is 8.18. The molecule has 0 aromatic rings. The van der Waals surface area contributed by atoms with Gasteiger partial charge in [0.1, 0.15) is 0 Å². The molecule has 3 heteroatoms. The number of nitrogens with one attached hydrogen (secondary N) is 1. The van der Waals surface area contributed by atoms with Crippen molar-refractivity contribution in [2.24, 2.45) is 5.92 Å². The number of nitrogens with zero attached hydrogens (tertiary/aromatic N) is 1. The minimum atomic E-state index is -0.168. The zero-order valence-electron chi connectivity index (χ0n) is 11.0. The Morgan fingerprint density at radius 2 is 2.12 bits per heavy atom. The van der Waals surface area contributed by atoms with E-state index in [1.54, 1.807) is 0 Å². The highest BCUT2D eigenvalue weighted by molar-refractivity contribution is 5.89. The predicted octanol–water partition coefficient (Wildman–Crippen LogP) is 2.27. The van der Waals surface area contributed by atoms with E-state index in [2.05, 4.69) is 24.1 Å². The van der Waals surface area contributed by atoms with Crippen LogP contribution >= 0.6 is 0 Å². The summed E-state index contributed by atoms with van der Waals surface area (Å²) < 4.78 is 0. The van der Waals surface area contributed by atoms with Crippen LogP contribution in [0.4, 0.5) is 0 Å². The van der Waals surface area contributed by atoms with Gasteiger partial charge >= 0.3 is 0 Å². The molecule has 1 spiro atoms. The highest BCUT2D eigenvalue weighted by atomic mass is 16.2. The second kappa shape index (κ2) is 3.98. The third-order valence-electron chi connectivity index (χ3n) is 4.91. The summed E-state index contributed by atoms with van der Waals surface area (Å²) in [4.78, 5) is 14.8. The molecule has 0 bridgehead atoms. The molecule has 1 amide bonds. The van der Waals surface area contributed by atoms with Gasteiger partial charge in [0.15, 0.2) is 0 Å². The minimum Gasteiger partial charge on any atom is -0.323 e. The lowest BCUT2D eigenvalue weighted by Gasteiger charge is -2.22. The van der Waals surface area contributed by atoms with E-state index in [4.69, 9.17) is 0 Å². The topological polar surface area (TPSA) is 32.3 Å². The molecule has 3 unspecified atom stereocenters. The van der Waals surface area contributed by atoms with Crippen molar-refractivity contribution >= 4 is 5.91 Å². The summed E-state index contributed by atoms with van der Waals surface area (Å²) in [5, 5.41) is 3.59. The molecule has 3 fully saturated rings. The first-order valence-corrected chi connectivity index (χ1v) is 7.28. The summed E-state index contributed by atoms with van der Waals surface area (Å²) in [5.41, 5.74) is -0.168. The molecule has 96 valence electrons. The molecule has 0 aromatic heterocycles. The normalized spacial score (nSPS) is 39.3. The van der Waals surface area contributed by atoms with Crippen LogP contribution in [0.2, 0.25) is 0 Å². The Morgan fingerprint density at radius 1 is 1.41 bits per heavy atom. The molecule has 0 aromatic carbocycles. The largest absolute Gasteiger partial charge is 0.323 e. The highest BCUT2D eigenvalue weighted by Crippen LogP contribution is 2.45. The first-order valence-electron chi connectivity index (χ1n) is 7.28. The molecule has 3 aliphatic rings. The molecule has 1 heterocycles. The molecule has 2 saturated carbocycles. The zero-order chi connectivity index (χ0) is 12.0. The van der Waals surface area contributed by atoms with Crippen LogP contribution in [-0.2, 0) is 4.79 Å². The molecular formula is C14H24N2O. The van der Waals surface area contributed by atoms with Crippen LogP contribution in [-0.4, -0.2) is 28.6 Å². The second-order valence-electron chi connectivity index (χ2n) is 6.17. The van der Waals surface area contributed by atoms with Crippen molar-refractivity contribution < 1.29 is 4.79 Å². The van der Waals surface area contributed by atoms with E-state index in [-0.39, 0.29) is 11.7 Å². The molecule has 17 heavy (non-hydrogen) atoms. The number of carbonyl (C=O) groups excluding carboxylic acids is 1. The SMILES string of the molecule is CCCC1CC1N1C(=O)C2(CCCC2)NC1C. The molecule has 1 saturated heterocycles. The Morgan fingerprint density at radius 3 is 2.76 bits per heavy atom. The molecule has 2 aliphatic carbocycles. The molecule has 1 N–H and O–H groups in total. The minimum absolute atomic E-state index is 0.168. The summed E-state index contributed by atoms with van der Waals surface area (Å²) in [7, 11) is 0. The Labute approximate surface area is 104 Å². The fraction of sp³-hybridized carbons (Fsp3) is 0.929. The molecular weight excluding hydrogens is 212 g/mol. The van der Waals surface area contributed by atoms with Crippen molar-refractivity contribution in [2.45, 2.75) is 76.5 Å². The summed E-state index contributed by atoms with van der Waals surface area (Å²) in [6.45, 7) is 4.40. The molecule has 0 radical (unpaired) electrons. The monoisotopic (exact) mass is 236 g/mol. The van der Waals surface area contributed by atoms with Crippen molar-refractivity contribution in [1.82, 2.24) is 10.2 Å². The second-order valence-corrected chi connectivity index (χ2v) is 6.17. The van der Waals surface area contributed by atoms with Crippen LogP contribution < -0.4 is 5.32 Å². The third-order valence-corrected chi connectivity index (χ3v) is 4.91. The quantitative estimate of drug-likeness (QED) is 0.815. The first kappa shape index (κ1) is 11.5. The molecule has 3 nitrogen and oxygen atoms in total. The van der Waals surface area contributed by atoms with Crippen LogP contribution in [0.25, 0.3) is 0 Å². The van der Waals surface area contributed by atoms with Crippen LogP contribution in [0.15, 0.2) is 0 Å². The summed E-state index contributed by atoms with van der Waals surface area (Å²) in [6.07, 6.45) is 8.55. The maximum absolute atomic E-state index is 12.6. The zero-order valence-corrected chi connectivity index (χ0v) is 11.0. The Bertz CT molecular complexity index is 322. The predicted molar refractivity (Wildman–Crippen MR) is 67.4 cm³/mol. The van der Waals surface area contributed by atoms with Gasteiger partial charge in [-0.3, -0.25) is 10.1 Å². The highest BCUT2D eigenvalue weighted by Gasteiger charge is 2.56. The smallest absolute Gasteiger partial charge is 0.244 e. The lowest BCUT2D eigenvalue weighted by Crippen LogP contribution is -2.44. The van der Waals surface area contributed by atoms with Gasteiger partial charge in [-0.1, -0.05) is 26.2 Å². The molecule has 3 rings (SSSR count).